The van der Waals surface area contributed by atoms with Crippen LogP contribution in [0.5, 0.6) is 0 Å². The van der Waals surface area contributed by atoms with Gasteiger partial charge in [-0.3, -0.25) is 4.79 Å². The molecule has 1 aromatic carbocycles. The highest BCUT2D eigenvalue weighted by Gasteiger charge is 2.43. The maximum atomic E-state index is 13.0. The highest BCUT2D eigenvalue weighted by molar-refractivity contribution is 5.88. The van der Waals surface area contributed by atoms with E-state index in [0.717, 1.165) is 12.1 Å². The predicted molar refractivity (Wildman–Crippen MR) is 64.0 cm³/mol. The molecule has 0 bridgehead atoms. The molecule has 1 aliphatic rings. The van der Waals surface area contributed by atoms with Crippen molar-refractivity contribution in [3.8, 4) is 0 Å². The summed E-state index contributed by atoms with van der Waals surface area (Å²) in [4.78, 5) is 23.0. The number of benzene rings is 1. The van der Waals surface area contributed by atoms with E-state index in [1.165, 1.54) is 6.07 Å². The highest BCUT2D eigenvalue weighted by atomic mass is 19.2. The number of aliphatic carboxylic acids is 1. The summed E-state index contributed by atoms with van der Waals surface area (Å²) in [7, 11) is 0. The lowest BCUT2D eigenvalue weighted by Crippen LogP contribution is -2.55. The van der Waals surface area contributed by atoms with Gasteiger partial charge in [-0.15, -0.1) is 0 Å². The topological polar surface area (TPSA) is 75.6 Å². The molecule has 0 radical (unpaired) electrons. The molecular formula is C13H13F2NO4. The van der Waals surface area contributed by atoms with E-state index in [9.17, 15) is 18.4 Å². The number of carbonyl (C=O) groups is 2. The van der Waals surface area contributed by atoms with Gasteiger partial charge in [0.25, 0.3) is 0 Å². The molecule has 20 heavy (non-hydrogen) atoms. The van der Waals surface area contributed by atoms with Crippen LogP contribution in [0.2, 0.25) is 0 Å². The molecule has 5 nitrogen and oxygen atoms in total. The fourth-order valence-electron chi connectivity index (χ4n) is 2.03. The van der Waals surface area contributed by atoms with Crippen LogP contribution < -0.4 is 5.32 Å². The van der Waals surface area contributed by atoms with Crippen LogP contribution in [0.1, 0.15) is 12.0 Å². The van der Waals surface area contributed by atoms with Crippen molar-refractivity contribution in [2.75, 3.05) is 13.2 Å². The van der Waals surface area contributed by atoms with E-state index in [1.807, 2.05) is 0 Å². The molecule has 0 aliphatic carbocycles. The second-order valence-corrected chi connectivity index (χ2v) is 4.66. The highest BCUT2D eigenvalue weighted by Crippen LogP contribution is 2.19. The molecule has 1 saturated heterocycles. The zero-order valence-electron chi connectivity index (χ0n) is 10.5. The predicted octanol–water partition coefficient (Wildman–Crippen LogP) is 0.867. The number of hydrogen-bond acceptors (Lipinski definition) is 3. The Labute approximate surface area is 113 Å². The molecule has 0 saturated carbocycles. The summed E-state index contributed by atoms with van der Waals surface area (Å²) in [5, 5.41) is 11.5. The van der Waals surface area contributed by atoms with Gasteiger partial charge in [0.15, 0.2) is 17.2 Å². The maximum absolute atomic E-state index is 13.0. The van der Waals surface area contributed by atoms with Crippen LogP contribution >= 0.6 is 0 Å². The number of carboxylic acid groups (broad SMARTS) is 1. The minimum absolute atomic E-state index is 0.105. The van der Waals surface area contributed by atoms with Crippen LogP contribution in [0.3, 0.4) is 0 Å². The van der Waals surface area contributed by atoms with E-state index in [2.05, 4.69) is 5.32 Å². The van der Waals surface area contributed by atoms with E-state index in [-0.39, 0.29) is 31.6 Å². The van der Waals surface area contributed by atoms with Crippen molar-refractivity contribution in [1.82, 2.24) is 5.32 Å². The molecule has 1 fully saturated rings. The van der Waals surface area contributed by atoms with Crippen molar-refractivity contribution < 1.29 is 28.2 Å². The molecule has 1 aromatic rings. The van der Waals surface area contributed by atoms with Crippen LogP contribution in [0.15, 0.2) is 18.2 Å². The lowest BCUT2D eigenvalue weighted by Gasteiger charge is -2.23. The molecule has 1 atom stereocenters. The average Bonchev–Trinajstić information content (AvgIpc) is 2.83. The zero-order valence-corrected chi connectivity index (χ0v) is 10.5. The van der Waals surface area contributed by atoms with E-state index < -0.39 is 29.0 Å². The number of amides is 1. The molecule has 1 heterocycles. The largest absolute Gasteiger partial charge is 0.479 e. The Kier molecular flexibility index (Phi) is 3.99. The first-order valence-electron chi connectivity index (χ1n) is 5.99. The molecule has 2 rings (SSSR count). The van der Waals surface area contributed by atoms with Gasteiger partial charge in [-0.2, -0.15) is 0 Å². The van der Waals surface area contributed by atoms with Crippen molar-refractivity contribution in [3.63, 3.8) is 0 Å². The fourth-order valence-corrected chi connectivity index (χ4v) is 2.03. The van der Waals surface area contributed by atoms with Gasteiger partial charge in [0.2, 0.25) is 5.91 Å². The fraction of sp³-hybridized carbons (Fsp3) is 0.385. The molecule has 7 heteroatoms. The Morgan fingerprint density at radius 1 is 1.35 bits per heavy atom. The van der Waals surface area contributed by atoms with Gasteiger partial charge >= 0.3 is 5.97 Å². The van der Waals surface area contributed by atoms with Gasteiger partial charge in [0.1, 0.15) is 0 Å². The van der Waals surface area contributed by atoms with Gasteiger partial charge in [-0.05, 0) is 17.7 Å². The van der Waals surface area contributed by atoms with E-state index in [4.69, 9.17) is 9.84 Å². The van der Waals surface area contributed by atoms with Crippen LogP contribution in [-0.2, 0) is 20.7 Å². The van der Waals surface area contributed by atoms with Gasteiger partial charge in [-0.1, -0.05) is 6.07 Å². The van der Waals surface area contributed by atoms with Gasteiger partial charge in [-0.25, -0.2) is 13.6 Å². The molecular weight excluding hydrogens is 272 g/mol. The van der Waals surface area contributed by atoms with Crippen molar-refractivity contribution in [3.05, 3.63) is 35.4 Å². The summed E-state index contributed by atoms with van der Waals surface area (Å²) >= 11 is 0. The Bertz CT molecular complexity index is 541. The van der Waals surface area contributed by atoms with Crippen molar-refractivity contribution >= 4 is 11.9 Å². The van der Waals surface area contributed by atoms with Gasteiger partial charge in [0.05, 0.1) is 13.0 Å². The SMILES string of the molecule is O=C(Cc1ccc(F)c(F)c1)NC1(C(=O)O)CCOC1. The average molecular weight is 285 g/mol. The Morgan fingerprint density at radius 2 is 2.10 bits per heavy atom. The molecule has 2 N–H and O–H groups in total. The van der Waals surface area contributed by atoms with E-state index in [1.54, 1.807) is 0 Å². The lowest BCUT2D eigenvalue weighted by atomic mass is 9.98. The van der Waals surface area contributed by atoms with Crippen LogP contribution in [-0.4, -0.2) is 35.7 Å². The van der Waals surface area contributed by atoms with Crippen LogP contribution in [0.25, 0.3) is 0 Å². The normalized spacial score (nSPS) is 21.7. The molecule has 108 valence electrons. The Morgan fingerprint density at radius 3 is 2.65 bits per heavy atom. The Balaban J connectivity index is 2.04. The standard InChI is InChI=1S/C13H13F2NO4/c14-9-2-1-8(5-10(9)15)6-11(17)16-13(12(18)19)3-4-20-7-13/h1-2,5H,3-4,6-7H2,(H,16,17)(H,18,19). The number of hydrogen-bond donors (Lipinski definition) is 2. The first-order valence-corrected chi connectivity index (χ1v) is 5.99. The second kappa shape index (κ2) is 5.54. The monoisotopic (exact) mass is 285 g/mol. The third kappa shape index (κ3) is 2.93. The zero-order chi connectivity index (χ0) is 14.8. The smallest absolute Gasteiger partial charge is 0.331 e. The summed E-state index contributed by atoms with van der Waals surface area (Å²) in [5.74, 6) is -3.80. The van der Waals surface area contributed by atoms with Gasteiger partial charge in [0, 0.05) is 13.0 Å². The van der Waals surface area contributed by atoms with Crippen molar-refractivity contribution in [2.45, 2.75) is 18.4 Å². The maximum Gasteiger partial charge on any atom is 0.331 e. The summed E-state index contributed by atoms with van der Waals surface area (Å²) in [5.41, 5.74) is -1.17. The minimum atomic E-state index is -1.43. The number of ether oxygens (including phenoxy) is 1. The number of carboxylic acids is 1. The first kappa shape index (κ1) is 14.4. The first-order chi connectivity index (χ1) is 9.43. The number of carbonyl (C=O) groups excluding carboxylic acids is 1. The van der Waals surface area contributed by atoms with E-state index in [0.29, 0.717) is 0 Å². The second-order valence-electron chi connectivity index (χ2n) is 4.66. The summed E-state index contributed by atoms with van der Waals surface area (Å²) < 4.78 is 30.8. The van der Waals surface area contributed by atoms with E-state index >= 15 is 0 Å². The molecule has 1 amide bonds. The van der Waals surface area contributed by atoms with Crippen LogP contribution in [0.4, 0.5) is 8.78 Å². The van der Waals surface area contributed by atoms with Crippen molar-refractivity contribution in [2.24, 2.45) is 0 Å². The lowest BCUT2D eigenvalue weighted by molar-refractivity contribution is -0.147. The number of rotatable bonds is 4. The summed E-state index contributed by atoms with van der Waals surface area (Å²) in [6.45, 7) is 0.142. The molecule has 1 unspecified atom stereocenters. The molecule has 1 aliphatic heterocycles. The summed E-state index contributed by atoms with van der Waals surface area (Å²) in [6, 6.07) is 3.10. The quantitative estimate of drug-likeness (QED) is 0.860. The van der Waals surface area contributed by atoms with Gasteiger partial charge < -0.3 is 15.2 Å². The summed E-state index contributed by atoms with van der Waals surface area (Å²) in [6.07, 6.45) is -0.0575. The third-order valence-corrected chi connectivity index (χ3v) is 3.16. The van der Waals surface area contributed by atoms with Crippen molar-refractivity contribution in [1.29, 1.82) is 0 Å². The molecule has 0 aromatic heterocycles. The Hall–Kier alpha value is -2.02. The minimum Gasteiger partial charge on any atom is -0.479 e. The number of halogens is 2. The third-order valence-electron chi connectivity index (χ3n) is 3.16. The number of nitrogens with one attached hydrogen (secondary N) is 1. The van der Waals surface area contributed by atoms with Crippen LogP contribution in [0, 0.1) is 11.6 Å². The molecule has 0 spiro atoms.